The first-order valence-electron chi connectivity index (χ1n) is 7.49. The molecule has 3 rings (SSSR count). The van der Waals surface area contributed by atoms with E-state index < -0.39 is 0 Å². The van der Waals surface area contributed by atoms with Crippen molar-refractivity contribution in [3.63, 3.8) is 0 Å². The highest BCUT2D eigenvalue weighted by Crippen LogP contribution is 2.28. The molecule has 0 bridgehead atoms. The minimum Gasteiger partial charge on any atom is -0.493 e. The van der Waals surface area contributed by atoms with E-state index in [9.17, 15) is 4.79 Å². The third-order valence-corrected chi connectivity index (χ3v) is 3.78. The van der Waals surface area contributed by atoms with Crippen molar-refractivity contribution < 1.29 is 18.6 Å². The summed E-state index contributed by atoms with van der Waals surface area (Å²) in [4.78, 5) is 11.5. The van der Waals surface area contributed by atoms with E-state index in [4.69, 9.17) is 18.6 Å². The molecule has 0 atom stereocenters. The summed E-state index contributed by atoms with van der Waals surface area (Å²) < 4.78 is 21.5. The Morgan fingerprint density at radius 3 is 2.50 bits per heavy atom. The fraction of sp³-hybridized carbons (Fsp3) is 0.211. The van der Waals surface area contributed by atoms with Gasteiger partial charge in [0, 0.05) is 17.5 Å². The molecule has 0 aliphatic heterocycles. The number of hydrogen-bond acceptors (Lipinski definition) is 5. The van der Waals surface area contributed by atoms with E-state index >= 15 is 0 Å². The average Bonchev–Trinajstić information content (AvgIpc) is 2.59. The topological polar surface area (TPSA) is 57.9 Å². The molecule has 0 aliphatic rings. The van der Waals surface area contributed by atoms with Crippen molar-refractivity contribution in [3.05, 3.63) is 64.0 Å². The zero-order valence-electron chi connectivity index (χ0n) is 13.8. The second-order valence-electron chi connectivity index (χ2n) is 5.38. The van der Waals surface area contributed by atoms with Crippen molar-refractivity contribution in [1.29, 1.82) is 0 Å². The molecule has 124 valence electrons. The summed E-state index contributed by atoms with van der Waals surface area (Å²) in [5.41, 5.74) is 1.98. The van der Waals surface area contributed by atoms with Gasteiger partial charge in [0.05, 0.1) is 14.2 Å². The maximum absolute atomic E-state index is 11.5. The highest BCUT2D eigenvalue weighted by Gasteiger charge is 2.07. The Kier molecular flexibility index (Phi) is 4.42. The van der Waals surface area contributed by atoms with Crippen molar-refractivity contribution in [1.82, 2.24) is 0 Å². The molecule has 0 amide bonds. The zero-order valence-corrected chi connectivity index (χ0v) is 13.8. The molecule has 0 spiro atoms. The van der Waals surface area contributed by atoms with E-state index in [2.05, 4.69) is 0 Å². The monoisotopic (exact) mass is 326 g/mol. The lowest BCUT2D eigenvalue weighted by Gasteiger charge is -2.11. The maximum atomic E-state index is 11.5. The number of hydrogen-bond donors (Lipinski definition) is 0. The predicted molar refractivity (Wildman–Crippen MR) is 91.1 cm³/mol. The van der Waals surface area contributed by atoms with Crippen molar-refractivity contribution in [2.24, 2.45) is 0 Å². The molecule has 0 unspecified atom stereocenters. The fourth-order valence-electron chi connectivity index (χ4n) is 2.53. The zero-order chi connectivity index (χ0) is 17.1. The molecule has 1 heterocycles. The van der Waals surface area contributed by atoms with Gasteiger partial charge in [0.1, 0.15) is 17.9 Å². The first kappa shape index (κ1) is 15.9. The first-order chi connectivity index (χ1) is 11.6. The van der Waals surface area contributed by atoms with Crippen LogP contribution in [0.2, 0.25) is 0 Å². The Bertz CT molecular complexity index is 927. The lowest BCUT2D eigenvalue weighted by Crippen LogP contribution is -1.99. The summed E-state index contributed by atoms with van der Waals surface area (Å²) in [7, 11) is 3.19. The van der Waals surface area contributed by atoms with E-state index in [1.807, 2.05) is 37.3 Å². The number of rotatable bonds is 5. The minimum atomic E-state index is -0.364. The molecule has 0 radical (unpaired) electrons. The fourth-order valence-corrected chi connectivity index (χ4v) is 2.53. The molecule has 24 heavy (non-hydrogen) atoms. The number of methoxy groups -OCH3 is 2. The molecule has 0 aliphatic carbocycles. The van der Waals surface area contributed by atoms with Gasteiger partial charge in [0.2, 0.25) is 0 Å². The second kappa shape index (κ2) is 6.66. The normalized spacial score (nSPS) is 10.6. The highest BCUT2D eigenvalue weighted by atomic mass is 16.5. The molecule has 0 saturated heterocycles. The molecular formula is C19H18O5. The van der Waals surface area contributed by atoms with E-state index in [1.54, 1.807) is 20.3 Å². The Hall–Kier alpha value is -2.95. The Morgan fingerprint density at radius 2 is 1.75 bits per heavy atom. The molecule has 5 nitrogen and oxygen atoms in total. The van der Waals surface area contributed by atoms with Crippen LogP contribution in [-0.2, 0) is 6.61 Å². The third-order valence-electron chi connectivity index (χ3n) is 3.78. The first-order valence-corrected chi connectivity index (χ1v) is 7.49. The van der Waals surface area contributed by atoms with Crippen LogP contribution in [0.25, 0.3) is 11.0 Å². The van der Waals surface area contributed by atoms with Gasteiger partial charge >= 0.3 is 5.63 Å². The van der Waals surface area contributed by atoms with Crippen LogP contribution >= 0.6 is 0 Å². The van der Waals surface area contributed by atoms with E-state index in [0.29, 0.717) is 29.4 Å². The van der Waals surface area contributed by atoms with Gasteiger partial charge in [0.15, 0.2) is 11.5 Å². The van der Waals surface area contributed by atoms with Crippen molar-refractivity contribution in [2.75, 3.05) is 14.2 Å². The van der Waals surface area contributed by atoms with Gasteiger partial charge in [-0.1, -0.05) is 6.07 Å². The summed E-state index contributed by atoms with van der Waals surface area (Å²) in [5, 5.41) is 0.896. The summed E-state index contributed by atoms with van der Waals surface area (Å²) in [6.07, 6.45) is 0. The van der Waals surface area contributed by atoms with Gasteiger partial charge in [-0.3, -0.25) is 0 Å². The second-order valence-corrected chi connectivity index (χ2v) is 5.38. The van der Waals surface area contributed by atoms with Gasteiger partial charge in [-0.05, 0) is 42.3 Å². The summed E-state index contributed by atoms with van der Waals surface area (Å²) in [6.45, 7) is 2.24. The number of benzene rings is 2. The van der Waals surface area contributed by atoms with Crippen LogP contribution in [-0.4, -0.2) is 14.2 Å². The van der Waals surface area contributed by atoms with Crippen molar-refractivity contribution in [3.8, 4) is 17.2 Å². The molecule has 5 heteroatoms. The number of ether oxygens (including phenoxy) is 3. The molecular weight excluding hydrogens is 308 g/mol. The van der Waals surface area contributed by atoms with Crippen LogP contribution in [0.1, 0.15) is 11.1 Å². The SMILES string of the molecule is COc1ccc(COc2ccc3c(C)cc(=O)oc3c2)cc1OC. The Labute approximate surface area is 139 Å². The van der Waals surface area contributed by atoms with Crippen molar-refractivity contribution >= 4 is 11.0 Å². The summed E-state index contributed by atoms with van der Waals surface area (Å²) >= 11 is 0. The summed E-state index contributed by atoms with van der Waals surface area (Å²) in [5.74, 6) is 1.95. The molecule has 0 fully saturated rings. The van der Waals surface area contributed by atoms with Crippen LogP contribution < -0.4 is 19.8 Å². The quantitative estimate of drug-likeness (QED) is 0.669. The molecule has 2 aromatic carbocycles. The van der Waals surface area contributed by atoms with E-state index in [0.717, 1.165) is 16.5 Å². The lowest BCUT2D eigenvalue weighted by molar-refractivity contribution is 0.303. The minimum absolute atomic E-state index is 0.363. The van der Waals surface area contributed by atoms with Gasteiger partial charge in [-0.15, -0.1) is 0 Å². The molecule has 1 aromatic heterocycles. The molecule has 0 N–H and O–H groups in total. The van der Waals surface area contributed by atoms with E-state index in [1.165, 1.54) is 6.07 Å². The third kappa shape index (κ3) is 3.20. The largest absolute Gasteiger partial charge is 0.493 e. The standard InChI is InChI=1S/C19H18O5/c1-12-8-19(20)24-17-10-14(5-6-15(12)17)23-11-13-4-7-16(21-2)18(9-13)22-3/h4-10H,11H2,1-3H3. The number of fused-ring (bicyclic) bond motifs is 1. The van der Waals surface area contributed by atoms with Gasteiger partial charge in [0.25, 0.3) is 0 Å². The molecule has 0 saturated carbocycles. The Morgan fingerprint density at radius 1 is 0.958 bits per heavy atom. The van der Waals surface area contributed by atoms with Crippen LogP contribution in [0, 0.1) is 6.92 Å². The smallest absolute Gasteiger partial charge is 0.336 e. The molecule has 3 aromatic rings. The number of aryl methyl sites for hydroxylation is 1. The predicted octanol–water partition coefficient (Wildman–Crippen LogP) is 3.70. The van der Waals surface area contributed by atoms with E-state index in [-0.39, 0.29) is 5.63 Å². The van der Waals surface area contributed by atoms with Crippen molar-refractivity contribution in [2.45, 2.75) is 13.5 Å². The summed E-state index contributed by atoms with van der Waals surface area (Å²) in [6, 6.07) is 12.6. The highest BCUT2D eigenvalue weighted by molar-refractivity contribution is 5.81. The van der Waals surface area contributed by atoms with Gasteiger partial charge < -0.3 is 18.6 Å². The Balaban J connectivity index is 1.82. The maximum Gasteiger partial charge on any atom is 0.336 e. The van der Waals surface area contributed by atoms with Crippen LogP contribution in [0.15, 0.2) is 51.7 Å². The van der Waals surface area contributed by atoms with Crippen LogP contribution in [0.3, 0.4) is 0 Å². The van der Waals surface area contributed by atoms with Crippen LogP contribution in [0.4, 0.5) is 0 Å². The van der Waals surface area contributed by atoms with Crippen LogP contribution in [0.5, 0.6) is 17.2 Å². The van der Waals surface area contributed by atoms with Gasteiger partial charge in [-0.25, -0.2) is 4.79 Å². The lowest BCUT2D eigenvalue weighted by atomic mass is 10.1. The van der Waals surface area contributed by atoms with Gasteiger partial charge in [-0.2, -0.15) is 0 Å². The average molecular weight is 326 g/mol.